The summed E-state index contributed by atoms with van der Waals surface area (Å²) >= 11 is 0. The Morgan fingerprint density at radius 1 is 1.00 bits per heavy atom. The van der Waals surface area contributed by atoms with Crippen LogP contribution in [0.25, 0.3) is 11.0 Å². The summed E-state index contributed by atoms with van der Waals surface area (Å²) < 4.78 is 2.13. The summed E-state index contributed by atoms with van der Waals surface area (Å²) in [6.07, 6.45) is -0.149. The molecule has 4 rings (SSSR count). The normalized spacial score (nSPS) is 17.4. The van der Waals surface area contributed by atoms with Gasteiger partial charge in [0.2, 0.25) is 6.17 Å². The highest BCUT2D eigenvalue weighted by molar-refractivity contribution is 5.92. The lowest BCUT2D eigenvalue weighted by Crippen LogP contribution is -2.47. The van der Waals surface area contributed by atoms with Gasteiger partial charge in [0.25, 0.3) is 5.96 Å². The van der Waals surface area contributed by atoms with E-state index < -0.39 is 0 Å². The Labute approximate surface area is 115 Å². The van der Waals surface area contributed by atoms with Crippen LogP contribution in [-0.2, 0) is 0 Å². The SMILES string of the molecule is NC1=N[C@H](c2ccccc2)[n+]2c([nH]c3ccccc32)N1. The van der Waals surface area contributed by atoms with Gasteiger partial charge in [-0.2, -0.15) is 4.99 Å². The highest BCUT2D eigenvalue weighted by Gasteiger charge is 2.30. The second kappa shape index (κ2) is 4.09. The molecule has 1 aliphatic heterocycles. The lowest BCUT2D eigenvalue weighted by molar-refractivity contribution is -0.674. The van der Waals surface area contributed by atoms with Crippen LogP contribution in [-0.4, -0.2) is 10.9 Å². The van der Waals surface area contributed by atoms with E-state index in [4.69, 9.17) is 5.73 Å². The monoisotopic (exact) mass is 264 g/mol. The number of para-hydroxylation sites is 2. The van der Waals surface area contributed by atoms with Crippen molar-refractivity contribution in [1.82, 2.24) is 4.98 Å². The first-order chi connectivity index (χ1) is 9.83. The first kappa shape index (κ1) is 11.0. The number of aromatic amines is 1. The van der Waals surface area contributed by atoms with Crippen LogP contribution in [0.1, 0.15) is 11.7 Å². The number of aromatic nitrogens is 2. The van der Waals surface area contributed by atoms with Gasteiger partial charge in [0.15, 0.2) is 0 Å². The van der Waals surface area contributed by atoms with Gasteiger partial charge in [-0.15, -0.1) is 0 Å². The van der Waals surface area contributed by atoms with E-state index in [1.807, 2.05) is 36.4 Å². The molecule has 0 fully saturated rings. The summed E-state index contributed by atoms with van der Waals surface area (Å²) in [5.74, 6) is 1.28. The minimum absolute atomic E-state index is 0.149. The number of nitrogens with one attached hydrogen (secondary N) is 2. The molecule has 4 N–H and O–H groups in total. The number of aliphatic imine (C=N–C) groups is 1. The van der Waals surface area contributed by atoms with E-state index in [9.17, 15) is 0 Å². The molecule has 0 amide bonds. The van der Waals surface area contributed by atoms with Gasteiger partial charge in [-0.05, 0) is 12.1 Å². The molecule has 0 radical (unpaired) electrons. The zero-order valence-electron chi connectivity index (χ0n) is 10.7. The molecule has 5 heteroatoms. The Balaban J connectivity index is 1.98. The molecule has 0 saturated carbocycles. The number of benzene rings is 2. The highest BCUT2D eigenvalue weighted by Crippen LogP contribution is 2.23. The molecule has 0 unspecified atom stereocenters. The van der Waals surface area contributed by atoms with E-state index in [0.717, 1.165) is 22.5 Å². The lowest BCUT2D eigenvalue weighted by Gasteiger charge is -2.17. The number of guanidine groups is 1. The average molecular weight is 264 g/mol. The average Bonchev–Trinajstić information content (AvgIpc) is 2.85. The quantitative estimate of drug-likeness (QED) is 0.586. The van der Waals surface area contributed by atoms with Crippen LogP contribution in [0.2, 0.25) is 0 Å². The van der Waals surface area contributed by atoms with Gasteiger partial charge in [-0.25, -0.2) is 14.9 Å². The smallest absolute Gasteiger partial charge is 0.357 e. The molecule has 5 nitrogen and oxygen atoms in total. The molecule has 0 bridgehead atoms. The van der Waals surface area contributed by atoms with E-state index in [0.29, 0.717) is 5.96 Å². The topological polar surface area (TPSA) is 70.1 Å². The standard InChI is InChI=1S/C15H13N5/c16-14-18-13(10-6-2-1-3-7-10)20-12-9-5-4-8-11(12)17-15(20)19-14/h1-9,13H,(H3,16,17,18,19)/p+1/t13-/m0/s1. The first-order valence-corrected chi connectivity index (χ1v) is 6.50. The number of nitrogens with zero attached hydrogens (tertiary/aromatic N) is 2. The first-order valence-electron chi connectivity index (χ1n) is 6.50. The lowest BCUT2D eigenvalue weighted by atomic mass is 10.1. The second-order valence-electron chi connectivity index (χ2n) is 4.78. The van der Waals surface area contributed by atoms with Crippen LogP contribution in [0.5, 0.6) is 0 Å². The van der Waals surface area contributed by atoms with Crippen LogP contribution in [0.4, 0.5) is 5.95 Å². The van der Waals surface area contributed by atoms with Crippen molar-refractivity contribution in [1.29, 1.82) is 0 Å². The molecule has 0 aliphatic carbocycles. The highest BCUT2D eigenvalue weighted by atomic mass is 15.4. The van der Waals surface area contributed by atoms with Crippen molar-refractivity contribution in [2.45, 2.75) is 6.17 Å². The molecule has 1 atom stereocenters. The molecule has 1 aromatic heterocycles. The molecular formula is C15H14N5+. The molecule has 98 valence electrons. The van der Waals surface area contributed by atoms with Crippen molar-refractivity contribution < 1.29 is 4.57 Å². The van der Waals surface area contributed by atoms with Gasteiger partial charge in [0, 0.05) is 5.56 Å². The summed E-state index contributed by atoms with van der Waals surface area (Å²) in [5.41, 5.74) is 9.16. The number of rotatable bonds is 1. The van der Waals surface area contributed by atoms with Crippen molar-refractivity contribution >= 4 is 22.9 Å². The third-order valence-electron chi connectivity index (χ3n) is 3.51. The minimum atomic E-state index is -0.149. The molecular weight excluding hydrogens is 250 g/mol. The maximum Gasteiger partial charge on any atom is 0.365 e. The number of hydrogen-bond donors (Lipinski definition) is 3. The van der Waals surface area contributed by atoms with Gasteiger partial charge in [0.05, 0.1) is 0 Å². The molecule has 2 aromatic carbocycles. The maximum absolute atomic E-state index is 5.90. The van der Waals surface area contributed by atoms with Crippen molar-refractivity contribution in [2.24, 2.45) is 10.7 Å². The van der Waals surface area contributed by atoms with Crippen LogP contribution in [0, 0.1) is 0 Å². The van der Waals surface area contributed by atoms with E-state index in [1.165, 1.54) is 0 Å². The van der Waals surface area contributed by atoms with Gasteiger partial charge in [-0.3, -0.25) is 0 Å². The van der Waals surface area contributed by atoms with Gasteiger partial charge in [-0.1, -0.05) is 42.5 Å². The summed E-state index contributed by atoms with van der Waals surface area (Å²) in [5, 5.41) is 3.08. The van der Waals surface area contributed by atoms with Crippen LogP contribution >= 0.6 is 0 Å². The molecule has 1 aliphatic rings. The van der Waals surface area contributed by atoms with Gasteiger partial charge < -0.3 is 5.73 Å². The Bertz CT molecular complexity index is 804. The maximum atomic E-state index is 5.90. The molecule has 2 heterocycles. The van der Waals surface area contributed by atoms with Gasteiger partial charge >= 0.3 is 5.95 Å². The van der Waals surface area contributed by atoms with E-state index >= 15 is 0 Å². The summed E-state index contributed by atoms with van der Waals surface area (Å²) in [4.78, 5) is 7.88. The Morgan fingerprint density at radius 2 is 1.75 bits per heavy atom. The fourth-order valence-corrected chi connectivity index (χ4v) is 2.63. The van der Waals surface area contributed by atoms with Gasteiger partial charge in [0.1, 0.15) is 11.0 Å². The minimum Gasteiger partial charge on any atom is -0.357 e. The zero-order chi connectivity index (χ0) is 13.5. The van der Waals surface area contributed by atoms with Crippen molar-refractivity contribution in [3.63, 3.8) is 0 Å². The summed E-state index contributed by atoms with van der Waals surface area (Å²) in [7, 11) is 0. The van der Waals surface area contributed by atoms with Crippen molar-refractivity contribution in [2.75, 3.05) is 5.32 Å². The fraction of sp³-hybridized carbons (Fsp3) is 0.0667. The molecule has 3 aromatic rings. The second-order valence-corrected chi connectivity index (χ2v) is 4.78. The number of nitrogens with two attached hydrogens (primary N) is 1. The third-order valence-corrected chi connectivity index (χ3v) is 3.51. The van der Waals surface area contributed by atoms with E-state index in [1.54, 1.807) is 0 Å². The van der Waals surface area contributed by atoms with Crippen molar-refractivity contribution in [3.8, 4) is 0 Å². The third kappa shape index (κ3) is 1.56. The van der Waals surface area contributed by atoms with E-state index in [-0.39, 0.29) is 6.17 Å². The molecule has 0 spiro atoms. The van der Waals surface area contributed by atoms with E-state index in [2.05, 4.69) is 38.1 Å². The largest absolute Gasteiger partial charge is 0.365 e. The zero-order valence-corrected chi connectivity index (χ0v) is 10.7. The predicted molar refractivity (Wildman–Crippen MR) is 78.3 cm³/mol. The summed E-state index contributed by atoms with van der Waals surface area (Å²) in [6, 6.07) is 18.3. The van der Waals surface area contributed by atoms with Crippen molar-refractivity contribution in [3.05, 3.63) is 60.2 Å². The Hall–Kier alpha value is -2.82. The molecule has 0 saturated heterocycles. The summed E-state index contributed by atoms with van der Waals surface area (Å²) in [6.45, 7) is 0. The molecule has 20 heavy (non-hydrogen) atoms. The fourth-order valence-electron chi connectivity index (χ4n) is 2.63. The van der Waals surface area contributed by atoms with Crippen LogP contribution in [0.15, 0.2) is 59.6 Å². The number of hydrogen-bond acceptors (Lipinski definition) is 3. The Morgan fingerprint density at radius 3 is 2.60 bits per heavy atom. The number of anilines is 1. The number of imidazole rings is 1. The van der Waals surface area contributed by atoms with Crippen LogP contribution in [0.3, 0.4) is 0 Å². The van der Waals surface area contributed by atoms with Crippen LogP contribution < -0.4 is 15.6 Å². The number of H-pyrrole nitrogens is 1. The Kier molecular flexibility index (Phi) is 2.26. The number of fused-ring (bicyclic) bond motifs is 3. The predicted octanol–water partition coefficient (Wildman–Crippen LogP) is 1.74.